The summed E-state index contributed by atoms with van der Waals surface area (Å²) in [6.07, 6.45) is 0. The molecule has 0 aliphatic carbocycles. The highest BCUT2D eigenvalue weighted by molar-refractivity contribution is 5.77. The molecule has 29 heavy (non-hydrogen) atoms. The first-order chi connectivity index (χ1) is 14.2. The standard InChI is InChI=1S/C20H21FN6O2/c21-16-6-8-18(9-7-16)29-15-20(28)26-12-10-25(11-13-26)14-19-22-23-24-27(19)17-4-2-1-3-5-17/h1-9H,10-15H2. The van der Waals surface area contributed by atoms with Crippen molar-refractivity contribution in [3.63, 3.8) is 0 Å². The third-order valence-electron chi connectivity index (χ3n) is 4.80. The van der Waals surface area contributed by atoms with Gasteiger partial charge >= 0.3 is 0 Å². The van der Waals surface area contributed by atoms with Gasteiger partial charge in [-0.05, 0) is 46.8 Å². The van der Waals surface area contributed by atoms with Crippen LogP contribution in [0.4, 0.5) is 4.39 Å². The Morgan fingerprint density at radius 2 is 1.72 bits per heavy atom. The first kappa shape index (κ1) is 19.0. The van der Waals surface area contributed by atoms with Gasteiger partial charge in [0.1, 0.15) is 11.6 Å². The van der Waals surface area contributed by atoms with E-state index in [-0.39, 0.29) is 18.3 Å². The monoisotopic (exact) mass is 396 g/mol. The van der Waals surface area contributed by atoms with Gasteiger partial charge in [0.2, 0.25) is 0 Å². The van der Waals surface area contributed by atoms with Gasteiger partial charge in [-0.1, -0.05) is 18.2 Å². The number of benzene rings is 2. The molecule has 0 radical (unpaired) electrons. The highest BCUT2D eigenvalue weighted by atomic mass is 19.1. The first-order valence-corrected chi connectivity index (χ1v) is 9.40. The molecular formula is C20H21FN6O2. The molecule has 4 rings (SSSR count). The summed E-state index contributed by atoms with van der Waals surface area (Å²) in [6.45, 7) is 3.22. The van der Waals surface area contributed by atoms with Gasteiger partial charge in [0.25, 0.3) is 5.91 Å². The fourth-order valence-corrected chi connectivity index (χ4v) is 3.20. The third kappa shape index (κ3) is 4.75. The molecule has 0 unspecified atom stereocenters. The van der Waals surface area contributed by atoms with Crippen LogP contribution in [0.5, 0.6) is 5.75 Å². The Morgan fingerprint density at radius 3 is 2.45 bits per heavy atom. The summed E-state index contributed by atoms with van der Waals surface area (Å²) >= 11 is 0. The van der Waals surface area contributed by atoms with Crippen molar-refractivity contribution in [2.45, 2.75) is 6.54 Å². The molecule has 3 aromatic rings. The van der Waals surface area contributed by atoms with E-state index in [0.717, 1.165) is 24.6 Å². The van der Waals surface area contributed by atoms with Crippen LogP contribution in [0, 0.1) is 5.82 Å². The Labute approximate surface area is 167 Å². The molecular weight excluding hydrogens is 375 g/mol. The molecule has 0 N–H and O–H groups in total. The number of aromatic nitrogens is 4. The second-order valence-electron chi connectivity index (χ2n) is 6.74. The van der Waals surface area contributed by atoms with E-state index in [1.165, 1.54) is 24.3 Å². The lowest BCUT2D eigenvalue weighted by atomic mass is 10.3. The fourth-order valence-electron chi connectivity index (χ4n) is 3.20. The minimum atomic E-state index is -0.335. The van der Waals surface area contributed by atoms with Gasteiger partial charge in [-0.25, -0.2) is 4.39 Å². The largest absolute Gasteiger partial charge is 0.484 e. The number of carbonyl (C=O) groups excluding carboxylic acids is 1. The van der Waals surface area contributed by atoms with Crippen molar-refractivity contribution in [3.05, 3.63) is 66.2 Å². The van der Waals surface area contributed by atoms with E-state index in [0.29, 0.717) is 25.4 Å². The van der Waals surface area contributed by atoms with E-state index in [1.807, 2.05) is 30.3 Å². The molecule has 2 aromatic carbocycles. The minimum Gasteiger partial charge on any atom is -0.484 e. The van der Waals surface area contributed by atoms with Crippen molar-refractivity contribution < 1.29 is 13.9 Å². The molecule has 1 saturated heterocycles. The number of ether oxygens (including phenoxy) is 1. The number of tetrazole rings is 1. The number of nitrogens with zero attached hydrogens (tertiary/aromatic N) is 6. The Kier molecular flexibility index (Phi) is 5.76. The summed E-state index contributed by atoms with van der Waals surface area (Å²) in [5, 5.41) is 12.0. The van der Waals surface area contributed by atoms with Crippen LogP contribution >= 0.6 is 0 Å². The molecule has 2 heterocycles. The van der Waals surface area contributed by atoms with Gasteiger partial charge in [0.15, 0.2) is 12.4 Å². The van der Waals surface area contributed by atoms with Crippen LogP contribution in [0.1, 0.15) is 5.82 Å². The third-order valence-corrected chi connectivity index (χ3v) is 4.80. The average molecular weight is 396 g/mol. The Morgan fingerprint density at radius 1 is 1.00 bits per heavy atom. The maximum absolute atomic E-state index is 12.9. The summed E-state index contributed by atoms with van der Waals surface area (Å²) in [4.78, 5) is 16.4. The van der Waals surface area contributed by atoms with Gasteiger partial charge in [0, 0.05) is 26.2 Å². The van der Waals surface area contributed by atoms with Crippen molar-refractivity contribution >= 4 is 5.91 Å². The van der Waals surface area contributed by atoms with E-state index in [1.54, 1.807) is 9.58 Å². The molecule has 0 bridgehead atoms. The number of para-hydroxylation sites is 1. The van der Waals surface area contributed by atoms with Gasteiger partial charge < -0.3 is 9.64 Å². The molecule has 0 atom stereocenters. The number of hydrogen-bond acceptors (Lipinski definition) is 6. The summed E-state index contributed by atoms with van der Waals surface area (Å²) in [5.41, 5.74) is 0.916. The number of carbonyl (C=O) groups is 1. The Bertz CT molecular complexity index is 939. The van der Waals surface area contributed by atoms with Crippen molar-refractivity contribution in [2.75, 3.05) is 32.8 Å². The highest BCUT2D eigenvalue weighted by Gasteiger charge is 2.23. The fraction of sp³-hybridized carbons (Fsp3) is 0.300. The van der Waals surface area contributed by atoms with E-state index >= 15 is 0 Å². The summed E-state index contributed by atoms with van der Waals surface area (Å²) in [6, 6.07) is 15.4. The van der Waals surface area contributed by atoms with Crippen molar-refractivity contribution in [3.8, 4) is 11.4 Å². The summed E-state index contributed by atoms with van der Waals surface area (Å²) in [5.74, 6) is 0.822. The number of halogens is 1. The normalized spacial score (nSPS) is 14.7. The molecule has 8 nitrogen and oxygen atoms in total. The molecule has 9 heteroatoms. The Balaban J connectivity index is 1.27. The second-order valence-corrected chi connectivity index (χ2v) is 6.74. The lowest BCUT2D eigenvalue weighted by Crippen LogP contribution is -2.49. The molecule has 1 aliphatic rings. The molecule has 0 saturated carbocycles. The number of rotatable bonds is 6. The van der Waals surface area contributed by atoms with Gasteiger partial charge in [-0.2, -0.15) is 4.68 Å². The molecule has 1 aromatic heterocycles. The summed E-state index contributed by atoms with van der Waals surface area (Å²) < 4.78 is 20.1. The highest BCUT2D eigenvalue weighted by Crippen LogP contribution is 2.13. The zero-order valence-electron chi connectivity index (χ0n) is 15.8. The molecule has 150 valence electrons. The lowest BCUT2D eigenvalue weighted by Gasteiger charge is -2.34. The zero-order valence-corrected chi connectivity index (χ0v) is 15.8. The van der Waals surface area contributed by atoms with Gasteiger partial charge in [0.05, 0.1) is 12.2 Å². The van der Waals surface area contributed by atoms with Crippen LogP contribution in [0.25, 0.3) is 5.69 Å². The predicted octanol–water partition coefficient (Wildman–Crippen LogP) is 1.52. The molecule has 1 aliphatic heterocycles. The van der Waals surface area contributed by atoms with Gasteiger partial charge in [-0.15, -0.1) is 5.10 Å². The topological polar surface area (TPSA) is 76.4 Å². The van der Waals surface area contributed by atoms with E-state index in [9.17, 15) is 9.18 Å². The zero-order chi connectivity index (χ0) is 20.1. The molecule has 1 fully saturated rings. The smallest absolute Gasteiger partial charge is 0.260 e. The van der Waals surface area contributed by atoms with Crippen LogP contribution in [0.3, 0.4) is 0 Å². The summed E-state index contributed by atoms with van der Waals surface area (Å²) in [7, 11) is 0. The maximum Gasteiger partial charge on any atom is 0.260 e. The van der Waals surface area contributed by atoms with Crippen molar-refractivity contribution in [2.24, 2.45) is 0 Å². The van der Waals surface area contributed by atoms with Crippen LogP contribution < -0.4 is 4.74 Å². The van der Waals surface area contributed by atoms with Crippen LogP contribution in [-0.4, -0.2) is 68.7 Å². The maximum atomic E-state index is 12.9. The first-order valence-electron chi connectivity index (χ1n) is 9.40. The van der Waals surface area contributed by atoms with E-state index < -0.39 is 0 Å². The van der Waals surface area contributed by atoms with Crippen LogP contribution in [0.15, 0.2) is 54.6 Å². The predicted molar refractivity (Wildman–Crippen MR) is 103 cm³/mol. The minimum absolute atomic E-state index is 0.0577. The van der Waals surface area contributed by atoms with E-state index in [2.05, 4.69) is 20.4 Å². The second kappa shape index (κ2) is 8.78. The van der Waals surface area contributed by atoms with Crippen molar-refractivity contribution in [1.82, 2.24) is 30.0 Å². The lowest BCUT2D eigenvalue weighted by molar-refractivity contribution is -0.135. The molecule has 1 amide bonds. The van der Waals surface area contributed by atoms with Crippen LogP contribution in [0.2, 0.25) is 0 Å². The Hall–Kier alpha value is -3.33. The number of amides is 1. The van der Waals surface area contributed by atoms with Crippen LogP contribution in [-0.2, 0) is 11.3 Å². The van der Waals surface area contributed by atoms with Crippen molar-refractivity contribution in [1.29, 1.82) is 0 Å². The van der Waals surface area contributed by atoms with E-state index in [4.69, 9.17) is 4.74 Å². The van der Waals surface area contributed by atoms with Gasteiger partial charge in [-0.3, -0.25) is 9.69 Å². The average Bonchev–Trinajstić information content (AvgIpc) is 3.22. The molecule has 0 spiro atoms. The SMILES string of the molecule is O=C(COc1ccc(F)cc1)N1CCN(Cc2nnnn2-c2ccccc2)CC1. The number of hydrogen-bond donors (Lipinski definition) is 0. The quantitative estimate of drug-likeness (QED) is 0.629. The number of piperazine rings is 1.